The molecule has 4 rings (SSSR count). The Labute approximate surface area is 189 Å². The molecule has 0 unspecified atom stereocenters. The van der Waals surface area contributed by atoms with Crippen LogP contribution in [0.4, 0.5) is 5.69 Å². The van der Waals surface area contributed by atoms with Gasteiger partial charge in [-0.3, -0.25) is 9.48 Å². The molecule has 2 aromatic carbocycles. The fourth-order valence-corrected chi connectivity index (χ4v) is 3.99. The first-order valence-electron chi connectivity index (χ1n) is 10.8. The van der Waals surface area contributed by atoms with Gasteiger partial charge >= 0.3 is 0 Å². The molecule has 6 heteroatoms. The number of amides is 1. The topological polar surface area (TPSA) is 54.3 Å². The maximum absolute atomic E-state index is 13.8. The molecule has 0 atom stereocenters. The average molecular weight is 428 g/mol. The van der Waals surface area contributed by atoms with Gasteiger partial charge in [0.25, 0.3) is 5.91 Å². The van der Waals surface area contributed by atoms with Crippen LogP contribution in [-0.4, -0.2) is 46.2 Å². The van der Waals surface area contributed by atoms with Crippen molar-refractivity contribution < 1.29 is 4.79 Å². The van der Waals surface area contributed by atoms with E-state index in [2.05, 4.69) is 34.3 Å². The van der Waals surface area contributed by atoms with Crippen molar-refractivity contribution in [3.63, 3.8) is 0 Å². The highest BCUT2D eigenvalue weighted by Crippen LogP contribution is 2.28. The van der Waals surface area contributed by atoms with Crippen LogP contribution in [0.5, 0.6) is 0 Å². The van der Waals surface area contributed by atoms with Gasteiger partial charge in [-0.15, -0.1) is 0 Å². The minimum absolute atomic E-state index is 0.00938. The highest BCUT2D eigenvalue weighted by atomic mass is 16.2. The monoisotopic (exact) mass is 427 g/mol. The lowest BCUT2D eigenvalue weighted by Gasteiger charge is -2.22. The van der Waals surface area contributed by atoms with Crippen LogP contribution >= 0.6 is 0 Å². The van der Waals surface area contributed by atoms with E-state index in [9.17, 15) is 4.79 Å². The van der Waals surface area contributed by atoms with E-state index in [4.69, 9.17) is 4.98 Å². The fourth-order valence-electron chi connectivity index (χ4n) is 3.99. The molecular formula is C26H29N5O. The quantitative estimate of drug-likeness (QED) is 0.449. The molecule has 0 aliphatic rings. The molecule has 0 radical (unpaired) electrons. The van der Waals surface area contributed by atoms with E-state index in [0.717, 1.165) is 39.2 Å². The molecule has 1 amide bonds. The number of benzene rings is 2. The third-order valence-corrected chi connectivity index (χ3v) is 5.76. The van der Waals surface area contributed by atoms with Crippen molar-refractivity contribution in [2.45, 2.75) is 20.4 Å². The molecule has 0 fully saturated rings. The number of carbonyl (C=O) groups excluding carboxylic acids is 1. The summed E-state index contributed by atoms with van der Waals surface area (Å²) in [5.74, 6) is -0.00938. The molecule has 0 saturated heterocycles. The molecule has 4 aromatic rings. The zero-order chi connectivity index (χ0) is 22.8. The summed E-state index contributed by atoms with van der Waals surface area (Å²) < 4.78 is 1.75. The van der Waals surface area contributed by atoms with Gasteiger partial charge in [-0.25, -0.2) is 4.98 Å². The summed E-state index contributed by atoms with van der Waals surface area (Å²) in [7, 11) is 5.91. The largest absolute Gasteiger partial charge is 0.378 e. The second kappa shape index (κ2) is 8.83. The van der Waals surface area contributed by atoms with Crippen LogP contribution in [0.1, 0.15) is 28.5 Å². The van der Waals surface area contributed by atoms with Crippen LogP contribution in [0.3, 0.4) is 0 Å². The Kier molecular flexibility index (Phi) is 5.95. The zero-order valence-corrected chi connectivity index (χ0v) is 19.3. The Hall–Kier alpha value is -3.67. The van der Waals surface area contributed by atoms with Crippen molar-refractivity contribution in [3.8, 4) is 11.3 Å². The Morgan fingerprint density at radius 1 is 1.03 bits per heavy atom. The minimum atomic E-state index is -0.00938. The van der Waals surface area contributed by atoms with Crippen LogP contribution in [0.25, 0.3) is 22.3 Å². The predicted molar refractivity (Wildman–Crippen MR) is 130 cm³/mol. The molecule has 0 aliphatic heterocycles. The first-order chi connectivity index (χ1) is 15.4. The average Bonchev–Trinajstić information content (AvgIpc) is 3.10. The number of rotatable bonds is 6. The van der Waals surface area contributed by atoms with Gasteiger partial charge in [0.05, 0.1) is 22.3 Å². The van der Waals surface area contributed by atoms with Crippen molar-refractivity contribution >= 4 is 22.6 Å². The summed E-state index contributed by atoms with van der Waals surface area (Å²) in [6.07, 6.45) is 0. The van der Waals surface area contributed by atoms with E-state index >= 15 is 0 Å². The van der Waals surface area contributed by atoms with Crippen LogP contribution in [0.2, 0.25) is 0 Å². The van der Waals surface area contributed by atoms with E-state index in [1.54, 1.807) is 4.68 Å². The number of hydrogen-bond acceptors (Lipinski definition) is 4. The van der Waals surface area contributed by atoms with Crippen molar-refractivity contribution in [2.24, 2.45) is 7.05 Å². The number of aromatic nitrogens is 3. The normalized spacial score (nSPS) is 11.0. The van der Waals surface area contributed by atoms with Crippen molar-refractivity contribution in [1.29, 1.82) is 0 Å². The van der Waals surface area contributed by atoms with Gasteiger partial charge in [-0.2, -0.15) is 5.10 Å². The molecule has 6 nitrogen and oxygen atoms in total. The Morgan fingerprint density at radius 3 is 2.34 bits per heavy atom. The summed E-state index contributed by atoms with van der Waals surface area (Å²) in [5.41, 5.74) is 6.16. The molecule has 0 spiro atoms. The third-order valence-electron chi connectivity index (χ3n) is 5.76. The number of carbonyl (C=O) groups is 1. The number of hydrogen-bond donors (Lipinski definition) is 0. The van der Waals surface area contributed by atoms with E-state index in [0.29, 0.717) is 18.7 Å². The maximum atomic E-state index is 13.8. The van der Waals surface area contributed by atoms with Crippen molar-refractivity contribution in [3.05, 3.63) is 77.5 Å². The summed E-state index contributed by atoms with van der Waals surface area (Å²) >= 11 is 0. The number of anilines is 1. The number of aryl methyl sites for hydroxylation is 2. The third kappa shape index (κ3) is 4.08. The molecule has 0 saturated carbocycles. The summed E-state index contributed by atoms with van der Waals surface area (Å²) in [6, 6.07) is 20.2. The van der Waals surface area contributed by atoms with Crippen LogP contribution in [0.15, 0.2) is 60.7 Å². The van der Waals surface area contributed by atoms with E-state index in [-0.39, 0.29) is 5.91 Å². The van der Waals surface area contributed by atoms with Crippen LogP contribution < -0.4 is 4.90 Å². The number of fused-ring (bicyclic) bond motifs is 1. The Balaban J connectivity index is 1.75. The standard InChI is InChI=1S/C26H29N5O/c1-6-31(17-19-12-14-21(15-13-19)29(3)4)26(32)22-16-23(20-10-8-7-9-11-20)27-25-24(22)18(2)28-30(25)5/h7-16H,6,17H2,1-5H3. The highest BCUT2D eigenvalue weighted by Gasteiger charge is 2.23. The molecular weight excluding hydrogens is 398 g/mol. The van der Waals surface area contributed by atoms with Crippen molar-refractivity contribution in [2.75, 3.05) is 25.5 Å². The summed E-state index contributed by atoms with van der Waals surface area (Å²) in [6.45, 7) is 5.10. The van der Waals surface area contributed by atoms with E-state index in [1.165, 1.54) is 0 Å². The molecule has 0 bridgehead atoms. The van der Waals surface area contributed by atoms with Gasteiger partial charge in [0, 0.05) is 45.5 Å². The SMILES string of the molecule is CCN(Cc1ccc(N(C)C)cc1)C(=O)c1cc(-c2ccccc2)nc2c1c(C)nn2C. The van der Waals surface area contributed by atoms with Gasteiger partial charge in [-0.05, 0) is 37.6 Å². The van der Waals surface area contributed by atoms with Gasteiger partial charge in [0.1, 0.15) is 0 Å². The lowest BCUT2D eigenvalue weighted by molar-refractivity contribution is 0.0754. The zero-order valence-electron chi connectivity index (χ0n) is 19.3. The van der Waals surface area contributed by atoms with Gasteiger partial charge in [0.2, 0.25) is 0 Å². The molecule has 0 aliphatic carbocycles. The summed E-state index contributed by atoms with van der Waals surface area (Å²) in [5, 5.41) is 5.36. The lowest BCUT2D eigenvalue weighted by atomic mass is 10.0. The van der Waals surface area contributed by atoms with Crippen LogP contribution in [0, 0.1) is 6.92 Å². The van der Waals surface area contributed by atoms with Gasteiger partial charge < -0.3 is 9.80 Å². The lowest BCUT2D eigenvalue weighted by Crippen LogP contribution is -2.30. The molecule has 164 valence electrons. The summed E-state index contributed by atoms with van der Waals surface area (Å²) in [4.78, 5) is 22.5. The predicted octanol–water partition coefficient (Wildman–Crippen LogP) is 4.67. The number of nitrogens with zero attached hydrogens (tertiary/aromatic N) is 5. The Bertz CT molecular complexity index is 1240. The van der Waals surface area contributed by atoms with Gasteiger partial charge in [0.15, 0.2) is 5.65 Å². The fraction of sp³-hybridized carbons (Fsp3) is 0.269. The van der Waals surface area contributed by atoms with E-state index < -0.39 is 0 Å². The first kappa shape index (κ1) is 21.6. The molecule has 0 N–H and O–H groups in total. The first-order valence-corrected chi connectivity index (χ1v) is 10.8. The molecule has 2 heterocycles. The van der Waals surface area contributed by atoms with Crippen LogP contribution in [-0.2, 0) is 13.6 Å². The van der Waals surface area contributed by atoms with Gasteiger partial charge in [-0.1, -0.05) is 42.5 Å². The van der Waals surface area contributed by atoms with E-state index in [1.807, 2.05) is 76.3 Å². The minimum Gasteiger partial charge on any atom is -0.378 e. The van der Waals surface area contributed by atoms with Crippen molar-refractivity contribution in [1.82, 2.24) is 19.7 Å². The second-order valence-electron chi connectivity index (χ2n) is 8.21. The second-order valence-corrected chi connectivity index (χ2v) is 8.21. The Morgan fingerprint density at radius 2 is 1.72 bits per heavy atom. The molecule has 2 aromatic heterocycles. The molecule has 32 heavy (non-hydrogen) atoms. The number of pyridine rings is 1. The smallest absolute Gasteiger partial charge is 0.255 e. The maximum Gasteiger partial charge on any atom is 0.255 e. The highest BCUT2D eigenvalue weighted by molar-refractivity contribution is 6.07.